The van der Waals surface area contributed by atoms with Crippen molar-refractivity contribution in [1.82, 2.24) is 20.5 Å². The van der Waals surface area contributed by atoms with E-state index >= 15 is 0 Å². The van der Waals surface area contributed by atoms with Gasteiger partial charge in [-0.2, -0.15) is 13.2 Å². The van der Waals surface area contributed by atoms with Gasteiger partial charge in [-0.1, -0.05) is 0 Å². The van der Waals surface area contributed by atoms with Gasteiger partial charge >= 0.3 is 12.3 Å². The summed E-state index contributed by atoms with van der Waals surface area (Å²) in [5.41, 5.74) is -0.0726. The fourth-order valence-electron chi connectivity index (χ4n) is 2.69. The molecule has 1 aromatic rings. The van der Waals surface area contributed by atoms with E-state index in [2.05, 4.69) is 31.5 Å². The molecule has 2 atom stereocenters. The lowest BCUT2D eigenvalue weighted by atomic mass is 10.1. The Morgan fingerprint density at radius 3 is 2.76 bits per heavy atom. The first-order valence-corrected chi connectivity index (χ1v) is 8.69. The van der Waals surface area contributed by atoms with Crippen molar-refractivity contribution in [2.75, 3.05) is 26.2 Å². The van der Waals surface area contributed by atoms with E-state index in [9.17, 15) is 18.0 Å². The Morgan fingerprint density at radius 2 is 2.20 bits per heavy atom. The summed E-state index contributed by atoms with van der Waals surface area (Å²) in [5.74, 6) is 0. The maximum absolute atomic E-state index is 13.2. The van der Waals surface area contributed by atoms with Crippen LogP contribution in [0.25, 0.3) is 0 Å². The zero-order valence-electron chi connectivity index (χ0n) is 13.4. The molecule has 2 rings (SSSR count). The van der Waals surface area contributed by atoms with Crippen molar-refractivity contribution < 1.29 is 23.1 Å². The van der Waals surface area contributed by atoms with Crippen LogP contribution in [0.3, 0.4) is 0 Å². The Bertz CT molecular complexity index is 571. The van der Waals surface area contributed by atoms with Crippen LogP contribution >= 0.6 is 15.9 Å². The Labute approximate surface area is 151 Å². The molecule has 1 fully saturated rings. The molecule has 1 aromatic heterocycles. The Balaban J connectivity index is 1.74. The number of aromatic nitrogens is 1. The monoisotopic (exact) mass is 424 g/mol. The van der Waals surface area contributed by atoms with Crippen LogP contribution in [0.4, 0.5) is 18.0 Å². The molecular formula is C15H20BrF3N4O2. The number of nitrogens with zero attached hydrogens (tertiary/aromatic N) is 2. The van der Waals surface area contributed by atoms with Gasteiger partial charge in [0.1, 0.15) is 6.04 Å². The van der Waals surface area contributed by atoms with Crippen molar-refractivity contribution in [1.29, 1.82) is 0 Å². The summed E-state index contributed by atoms with van der Waals surface area (Å²) in [4.78, 5) is 16.0. The van der Waals surface area contributed by atoms with Crippen LogP contribution in [0.1, 0.15) is 24.6 Å². The van der Waals surface area contributed by atoms with Crippen molar-refractivity contribution in [3.8, 4) is 0 Å². The van der Waals surface area contributed by atoms with E-state index in [4.69, 9.17) is 5.11 Å². The highest BCUT2D eigenvalue weighted by atomic mass is 79.9. The minimum atomic E-state index is -4.43. The number of nitrogens with one attached hydrogen (secondary N) is 2. The second kappa shape index (κ2) is 8.81. The molecule has 0 radical (unpaired) electrons. The Morgan fingerprint density at radius 1 is 1.44 bits per heavy atom. The van der Waals surface area contributed by atoms with Gasteiger partial charge in [0.25, 0.3) is 0 Å². The summed E-state index contributed by atoms with van der Waals surface area (Å²) in [7, 11) is 0. The van der Waals surface area contributed by atoms with Gasteiger partial charge in [-0.25, -0.2) is 4.79 Å². The molecule has 25 heavy (non-hydrogen) atoms. The van der Waals surface area contributed by atoms with Crippen molar-refractivity contribution in [2.45, 2.75) is 31.1 Å². The van der Waals surface area contributed by atoms with Crippen molar-refractivity contribution in [2.24, 2.45) is 0 Å². The van der Waals surface area contributed by atoms with Gasteiger partial charge in [0.15, 0.2) is 0 Å². The Hall–Kier alpha value is -1.39. The minimum absolute atomic E-state index is 0.0580. The number of amides is 1. The van der Waals surface area contributed by atoms with Crippen molar-refractivity contribution >= 4 is 22.0 Å². The van der Waals surface area contributed by atoms with Gasteiger partial charge in [0.05, 0.1) is 5.69 Å². The first kappa shape index (κ1) is 19.9. The number of halogens is 4. The maximum Gasteiger partial charge on any atom is 0.409 e. The molecule has 140 valence electrons. The standard InChI is InChI=1S/C15H20BrF3N4O2/c16-10-2-3-12(22-8-10)13(15(17,18)19)21-6-1-5-20-11-4-7-23(9-11)14(24)25/h2-3,8,11,13,20-21H,1,4-7,9H2,(H,24,25). The van der Waals surface area contributed by atoms with Crippen LogP contribution in [-0.4, -0.2) is 59.5 Å². The van der Waals surface area contributed by atoms with Crippen LogP contribution in [0.2, 0.25) is 0 Å². The van der Waals surface area contributed by atoms with E-state index in [1.54, 1.807) is 0 Å². The molecule has 3 N–H and O–H groups in total. The lowest BCUT2D eigenvalue weighted by molar-refractivity contribution is -0.158. The molecular weight excluding hydrogens is 405 g/mol. The molecule has 10 heteroatoms. The largest absolute Gasteiger partial charge is 0.465 e. The third kappa shape index (κ3) is 6.12. The van der Waals surface area contributed by atoms with E-state index in [0.717, 1.165) is 0 Å². The minimum Gasteiger partial charge on any atom is -0.465 e. The van der Waals surface area contributed by atoms with Gasteiger partial charge in [-0.3, -0.25) is 4.98 Å². The molecule has 0 aromatic carbocycles. The number of hydrogen-bond acceptors (Lipinski definition) is 4. The lowest BCUT2D eigenvalue weighted by Crippen LogP contribution is -2.38. The zero-order valence-corrected chi connectivity index (χ0v) is 15.0. The van der Waals surface area contributed by atoms with Crippen LogP contribution in [0.15, 0.2) is 22.8 Å². The molecule has 1 aliphatic heterocycles. The van der Waals surface area contributed by atoms with E-state index < -0.39 is 18.3 Å². The molecule has 1 saturated heterocycles. The molecule has 2 heterocycles. The van der Waals surface area contributed by atoms with Gasteiger partial charge in [-0.05, 0) is 54.0 Å². The number of carbonyl (C=O) groups is 1. The van der Waals surface area contributed by atoms with Crippen molar-refractivity contribution in [3.05, 3.63) is 28.5 Å². The molecule has 0 aliphatic carbocycles. The number of pyridine rings is 1. The van der Waals surface area contributed by atoms with Crippen LogP contribution in [0, 0.1) is 0 Å². The highest BCUT2D eigenvalue weighted by Crippen LogP contribution is 2.31. The predicted octanol–water partition coefficient (Wildman–Crippen LogP) is 2.77. The maximum atomic E-state index is 13.2. The average molecular weight is 425 g/mol. The highest BCUT2D eigenvalue weighted by Gasteiger charge is 2.41. The molecule has 2 unspecified atom stereocenters. The summed E-state index contributed by atoms with van der Waals surface area (Å²) in [5, 5.41) is 14.6. The molecule has 6 nitrogen and oxygen atoms in total. The predicted molar refractivity (Wildman–Crippen MR) is 89.4 cm³/mol. The topological polar surface area (TPSA) is 77.5 Å². The lowest BCUT2D eigenvalue weighted by Gasteiger charge is -2.21. The third-order valence-corrected chi connectivity index (χ3v) is 4.44. The number of alkyl halides is 3. The summed E-state index contributed by atoms with van der Waals surface area (Å²) in [6.45, 7) is 1.58. The fourth-order valence-corrected chi connectivity index (χ4v) is 2.92. The normalized spacial score (nSPS) is 19.2. The quantitative estimate of drug-likeness (QED) is 0.586. The Kier molecular flexibility index (Phi) is 7.03. The SMILES string of the molecule is O=C(O)N1CCC(NCCCNC(c2ccc(Br)cn2)C(F)(F)F)C1. The second-order valence-electron chi connectivity index (χ2n) is 5.85. The van der Waals surface area contributed by atoms with Gasteiger partial charge in [0.2, 0.25) is 0 Å². The van der Waals surface area contributed by atoms with Gasteiger partial charge in [-0.15, -0.1) is 0 Å². The van der Waals surface area contributed by atoms with Crippen LogP contribution in [-0.2, 0) is 0 Å². The van der Waals surface area contributed by atoms with E-state index in [1.165, 1.54) is 23.2 Å². The van der Waals surface area contributed by atoms with E-state index in [0.29, 0.717) is 36.9 Å². The van der Waals surface area contributed by atoms with Crippen LogP contribution in [0.5, 0.6) is 0 Å². The van der Waals surface area contributed by atoms with Crippen molar-refractivity contribution in [3.63, 3.8) is 0 Å². The first-order chi connectivity index (χ1) is 11.8. The van der Waals surface area contributed by atoms with E-state index in [-0.39, 0.29) is 18.3 Å². The third-order valence-electron chi connectivity index (χ3n) is 3.97. The van der Waals surface area contributed by atoms with Gasteiger partial charge < -0.3 is 20.6 Å². The molecule has 0 spiro atoms. The van der Waals surface area contributed by atoms with Crippen LogP contribution < -0.4 is 10.6 Å². The number of hydrogen-bond donors (Lipinski definition) is 3. The zero-order chi connectivity index (χ0) is 18.4. The molecule has 0 bridgehead atoms. The smallest absolute Gasteiger partial charge is 0.409 e. The number of rotatable bonds is 7. The summed E-state index contributed by atoms with van der Waals surface area (Å²) in [6.07, 6.45) is -2.82. The van der Waals surface area contributed by atoms with Gasteiger partial charge in [0, 0.05) is 29.8 Å². The molecule has 1 amide bonds. The average Bonchev–Trinajstić information content (AvgIpc) is 3.00. The first-order valence-electron chi connectivity index (χ1n) is 7.90. The van der Waals surface area contributed by atoms with E-state index in [1.807, 2.05) is 0 Å². The summed E-state index contributed by atoms with van der Waals surface area (Å²) >= 11 is 3.15. The summed E-state index contributed by atoms with van der Waals surface area (Å²) in [6, 6.07) is 1.11. The second-order valence-corrected chi connectivity index (χ2v) is 6.77. The fraction of sp³-hybridized carbons (Fsp3) is 0.600. The molecule has 1 aliphatic rings. The highest BCUT2D eigenvalue weighted by molar-refractivity contribution is 9.10. The molecule has 0 saturated carbocycles. The number of likely N-dealkylation sites (tertiary alicyclic amines) is 1. The summed E-state index contributed by atoms with van der Waals surface area (Å²) < 4.78 is 40.2. The number of carboxylic acid groups (broad SMARTS) is 1.